The van der Waals surface area contributed by atoms with E-state index < -0.39 is 0 Å². The quantitative estimate of drug-likeness (QED) is 0.277. The number of carbonyl (C=O) groups excluding carboxylic acids is 1. The number of ketones is 1. The highest BCUT2D eigenvalue weighted by atomic mass is 35.5. The summed E-state index contributed by atoms with van der Waals surface area (Å²) in [7, 11) is 0. The predicted octanol–water partition coefficient (Wildman–Crippen LogP) is 8.02. The van der Waals surface area contributed by atoms with Crippen LogP contribution in [-0.2, 0) is 12.8 Å². The molecule has 0 saturated heterocycles. The number of allylic oxidation sites excluding steroid dienone is 1. The summed E-state index contributed by atoms with van der Waals surface area (Å²) in [5, 5.41) is 0.834. The predicted molar refractivity (Wildman–Crippen MR) is 141 cm³/mol. The molecule has 33 heavy (non-hydrogen) atoms. The maximum atomic E-state index is 12.5. The molecule has 0 N–H and O–H groups in total. The van der Waals surface area contributed by atoms with Crippen molar-refractivity contribution in [3.05, 3.63) is 76.3 Å². The molecular formula is C30H38ClNO. The average Bonchev–Trinajstić information content (AvgIpc) is 2.99. The zero-order valence-corrected chi connectivity index (χ0v) is 21.0. The van der Waals surface area contributed by atoms with E-state index in [2.05, 4.69) is 54.8 Å². The van der Waals surface area contributed by atoms with Crippen molar-refractivity contribution in [1.82, 2.24) is 0 Å². The second-order valence-corrected chi connectivity index (χ2v) is 10.4. The average molecular weight is 464 g/mol. The molecule has 0 spiro atoms. The van der Waals surface area contributed by atoms with Crippen molar-refractivity contribution in [2.24, 2.45) is 11.8 Å². The Morgan fingerprint density at radius 3 is 2.64 bits per heavy atom. The van der Waals surface area contributed by atoms with E-state index >= 15 is 0 Å². The summed E-state index contributed by atoms with van der Waals surface area (Å²) in [5.74, 6) is 2.16. The van der Waals surface area contributed by atoms with Gasteiger partial charge in [0.05, 0.1) is 0 Å². The third kappa shape index (κ3) is 5.38. The molecule has 1 heterocycles. The van der Waals surface area contributed by atoms with E-state index in [1.54, 1.807) is 0 Å². The SMILES string of the molecule is C=CCC1CCC1CN1CC(c2ccc(Cl)cc2CCC)CCc2ccc(C(=O)CC)cc21. The zero-order chi connectivity index (χ0) is 23.4. The van der Waals surface area contributed by atoms with Gasteiger partial charge in [-0.3, -0.25) is 4.79 Å². The molecule has 3 unspecified atom stereocenters. The highest BCUT2D eigenvalue weighted by molar-refractivity contribution is 6.30. The Hall–Kier alpha value is -2.06. The third-order valence-electron chi connectivity index (χ3n) is 7.84. The van der Waals surface area contributed by atoms with Gasteiger partial charge in [-0.25, -0.2) is 0 Å². The first-order valence-electron chi connectivity index (χ1n) is 12.8. The monoisotopic (exact) mass is 463 g/mol. The maximum absolute atomic E-state index is 12.5. The molecule has 4 rings (SSSR count). The van der Waals surface area contributed by atoms with Crippen LogP contribution in [0, 0.1) is 11.8 Å². The Balaban J connectivity index is 1.68. The molecule has 0 amide bonds. The summed E-state index contributed by atoms with van der Waals surface area (Å²) in [6, 6.07) is 12.9. The van der Waals surface area contributed by atoms with Gasteiger partial charge in [0.15, 0.2) is 5.78 Å². The summed E-state index contributed by atoms with van der Waals surface area (Å²) in [4.78, 5) is 15.1. The molecular weight excluding hydrogens is 426 g/mol. The van der Waals surface area contributed by atoms with Gasteiger partial charge in [0.1, 0.15) is 0 Å². The fourth-order valence-corrected chi connectivity index (χ4v) is 6.00. The summed E-state index contributed by atoms with van der Waals surface area (Å²) >= 11 is 6.38. The van der Waals surface area contributed by atoms with Gasteiger partial charge < -0.3 is 4.90 Å². The highest BCUT2D eigenvalue weighted by Crippen LogP contribution is 2.41. The largest absolute Gasteiger partial charge is 0.370 e. The van der Waals surface area contributed by atoms with Crippen molar-refractivity contribution >= 4 is 23.1 Å². The van der Waals surface area contributed by atoms with Crippen LogP contribution < -0.4 is 4.90 Å². The summed E-state index contributed by atoms with van der Waals surface area (Å²) < 4.78 is 0. The van der Waals surface area contributed by atoms with E-state index in [-0.39, 0.29) is 5.78 Å². The molecule has 0 bridgehead atoms. The molecule has 3 atom stereocenters. The first-order chi connectivity index (χ1) is 16.0. The normalized spacial score (nSPS) is 22.3. The molecule has 1 aliphatic carbocycles. The smallest absolute Gasteiger partial charge is 0.162 e. The van der Waals surface area contributed by atoms with Crippen molar-refractivity contribution in [3.8, 4) is 0 Å². The Morgan fingerprint density at radius 1 is 1.12 bits per heavy atom. The summed E-state index contributed by atoms with van der Waals surface area (Å²) in [5.41, 5.74) is 6.38. The van der Waals surface area contributed by atoms with E-state index in [9.17, 15) is 4.79 Å². The lowest BCUT2D eigenvalue weighted by Crippen LogP contribution is -2.39. The molecule has 1 saturated carbocycles. The fourth-order valence-electron chi connectivity index (χ4n) is 5.80. The Bertz CT molecular complexity index is 997. The van der Waals surface area contributed by atoms with Crippen molar-refractivity contribution < 1.29 is 4.79 Å². The van der Waals surface area contributed by atoms with E-state index in [1.165, 1.54) is 35.2 Å². The van der Waals surface area contributed by atoms with Crippen LogP contribution in [0.25, 0.3) is 0 Å². The van der Waals surface area contributed by atoms with E-state index in [4.69, 9.17) is 11.6 Å². The van der Waals surface area contributed by atoms with Gasteiger partial charge in [-0.15, -0.1) is 6.58 Å². The number of nitrogens with zero attached hydrogens (tertiary/aromatic N) is 1. The Kier molecular flexibility index (Phi) is 7.96. The van der Waals surface area contributed by atoms with Crippen molar-refractivity contribution in [1.29, 1.82) is 0 Å². The minimum Gasteiger partial charge on any atom is -0.370 e. The lowest BCUT2D eigenvalue weighted by molar-refractivity contribution is 0.0988. The zero-order valence-electron chi connectivity index (χ0n) is 20.3. The molecule has 0 radical (unpaired) electrons. The summed E-state index contributed by atoms with van der Waals surface area (Å²) in [6.45, 7) is 10.2. The number of halogens is 1. The third-order valence-corrected chi connectivity index (χ3v) is 8.07. The molecule has 0 aromatic heterocycles. The Morgan fingerprint density at radius 2 is 1.94 bits per heavy atom. The number of carbonyl (C=O) groups is 1. The standard InChI is InChI=1S/C30H38ClNO/c1-4-7-21-9-13-25(21)19-32-20-26(28-16-15-27(31)17-23(28)8-5-2)14-11-22-10-12-24(18-29(22)32)30(33)6-3/h4,10,12,15-18,21,25-26H,1,5-9,11,13-14,19-20H2,2-3H3. The first-order valence-corrected chi connectivity index (χ1v) is 13.2. The van der Waals surface area contributed by atoms with Gasteiger partial charge in [-0.2, -0.15) is 0 Å². The number of benzene rings is 2. The second kappa shape index (κ2) is 10.9. The van der Waals surface area contributed by atoms with Crippen LogP contribution in [0.2, 0.25) is 5.02 Å². The van der Waals surface area contributed by atoms with E-state index in [0.29, 0.717) is 18.3 Å². The van der Waals surface area contributed by atoms with Crippen LogP contribution in [0.15, 0.2) is 49.1 Å². The molecule has 2 aromatic carbocycles. The molecule has 1 aliphatic heterocycles. The number of rotatable bonds is 9. The van der Waals surface area contributed by atoms with Gasteiger partial charge in [-0.05, 0) is 85.3 Å². The molecule has 176 valence electrons. The number of Topliss-reactive ketones (excluding diaryl/α,β-unsaturated/α-hetero) is 1. The minimum absolute atomic E-state index is 0.231. The van der Waals surface area contributed by atoms with Crippen molar-refractivity contribution in [2.75, 3.05) is 18.0 Å². The first kappa shape index (κ1) is 24.1. The van der Waals surface area contributed by atoms with Gasteiger partial charge in [0.2, 0.25) is 0 Å². The van der Waals surface area contributed by atoms with Crippen LogP contribution >= 0.6 is 11.6 Å². The molecule has 1 fully saturated rings. The van der Waals surface area contributed by atoms with Crippen LogP contribution in [0.1, 0.15) is 85.3 Å². The minimum atomic E-state index is 0.231. The second-order valence-electron chi connectivity index (χ2n) is 9.98. The van der Waals surface area contributed by atoms with E-state index in [0.717, 1.165) is 61.7 Å². The lowest BCUT2D eigenvalue weighted by Gasteiger charge is -2.41. The molecule has 2 aliphatic rings. The number of hydrogen-bond donors (Lipinski definition) is 0. The number of aryl methyl sites for hydroxylation is 2. The lowest BCUT2D eigenvalue weighted by atomic mass is 9.71. The summed E-state index contributed by atoms with van der Waals surface area (Å²) in [6.07, 6.45) is 10.7. The number of anilines is 1. The molecule has 3 heteroatoms. The van der Waals surface area contributed by atoms with Gasteiger partial charge in [0.25, 0.3) is 0 Å². The van der Waals surface area contributed by atoms with Gasteiger partial charge in [0, 0.05) is 41.7 Å². The van der Waals surface area contributed by atoms with Gasteiger partial charge >= 0.3 is 0 Å². The van der Waals surface area contributed by atoms with Crippen molar-refractivity contribution in [2.45, 2.75) is 71.1 Å². The molecule has 2 nitrogen and oxygen atoms in total. The van der Waals surface area contributed by atoms with Crippen LogP contribution in [0.4, 0.5) is 5.69 Å². The van der Waals surface area contributed by atoms with Crippen LogP contribution in [0.5, 0.6) is 0 Å². The van der Waals surface area contributed by atoms with Crippen LogP contribution in [-0.4, -0.2) is 18.9 Å². The molecule has 2 aromatic rings. The Labute approximate surface area is 205 Å². The van der Waals surface area contributed by atoms with Gasteiger partial charge in [-0.1, -0.05) is 56.1 Å². The van der Waals surface area contributed by atoms with Crippen molar-refractivity contribution in [3.63, 3.8) is 0 Å². The highest BCUT2D eigenvalue weighted by Gasteiger charge is 2.33. The van der Waals surface area contributed by atoms with E-state index in [1.807, 2.05) is 13.0 Å². The topological polar surface area (TPSA) is 20.3 Å². The maximum Gasteiger partial charge on any atom is 0.162 e. The number of fused-ring (bicyclic) bond motifs is 1. The number of hydrogen-bond acceptors (Lipinski definition) is 2. The fraction of sp³-hybridized carbons (Fsp3) is 0.500. The van der Waals surface area contributed by atoms with Crippen LogP contribution in [0.3, 0.4) is 0 Å².